The number of nitrogens with zero attached hydrogens (tertiary/aromatic N) is 2. The molecule has 0 spiro atoms. The standard InChI is InChI=1S/C27H22N2O3/c1-14-6-8-16(9-7-14)24-23-19-13-20(25(23)32-28-24)22-21(19)26(30)29(27(22)31)18-11-10-15-4-2-3-5-17(15)12-18/h2-12,19-23,25H,13H2,1H3/t19-,20-,21-,22-,23+,25+/m1/s1. The first-order valence-corrected chi connectivity index (χ1v) is 11.3. The summed E-state index contributed by atoms with van der Waals surface area (Å²) in [5.74, 6) is -0.490. The van der Waals surface area contributed by atoms with Crippen LogP contribution in [0.15, 0.2) is 71.9 Å². The first kappa shape index (κ1) is 18.1. The van der Waals surface area contributed by atoms with E-state index in [-0.39, 0.29) is 47.5 Å². The van der Waals surface area contributed by atoms with Crippen LogP contribution in [0.1, 0.15) is 17.5 Å². The van der Waals surface area contributed by atoms with Crippen molar-refractivity contribution in [1.29, 1.82) is 0 Å². The third-order valence-electron chi connectivity index (χ3n) is 8.03. The second kappa shape index (κ2) is 6.28. The summed E-state index contributed by atoms with van der Waals surface area (Å²) >= 11 is 0. The van der Waals surface area contributed by atoms with Crippen LogP contribution < -0.4 is 4.90 Å². The number of anilines is 1. The van der Waals surface area contributed by atoms with Crippen LogP contribution in [0.25, 0.3) is 10.8 Å². The fourth-order valence-electron chi connectivity index (χ4n) is 6.66. The molecule has 0 unspecified atom stereocenters. The van der Waals surface area contributed by atoms with Gasteiger partial charge in [0.1, 0.15) is 6.10 Å². The third-order valence-corrected chi connectivity index (χ3v) is 8.03. The van der Waals surface area contributed by atoms with Gasteiger partial charge in [-0.1, -0.05) is 65.3 Å². The van der Waals surface area contributed by atoms with E-state index in [1.165, 1.54) is 10.5 Å². The molecule has 2 bridgehead atoms. The second-order valence-corrected chi connectivity index (χ2v) is 9.60. The number of aryl methyl sites for hydroxylation is 1. The van der Waals surface area contributed by atoms with Gasteiger partial charge in [0, 0.05) is 11.8 Å². The molecule has 2 saturated carbocycles. The Hall–Kier alpha value is -3.47. The maximum absolute atomic E-state index is 13.6. The van der Waals surface area contributed by atoms with E-state index in [2.05, 4.69) is 36.3 Å². The molecule has 7 rings (SSSR count). The molecule has 0 N–H and O–H groups in total. The molecule has 0 radical (unpaired) electrons. The zero-order valence-electron chi connectivity index (χ0n) is 17.6. The number of imide groups is 1. The minimum Gasteiger partial charge on any atom is -0.391 e. The third kappa shape index (κ3) is 2.26. The molecule has 5 heteroatoms. The quantitative estimate of drug-likeness (QED) is 0.578. The van der Waals surface area contributed by atoms with E-state index in [0.29, 0.717) is 5.69 Å². The van der Waals surface area contributed by atoms with Crippen LogP contribution in [-0.4, -0.2) is 23.6 Å². The van der Waals surface area contributed by atoms with Crippen molar-refractivity contribution in [1.82, 2.24) is 0 Å². The summed E-state index contributed by atoms with van der Waals surface area (Å²) in [7, 11) is 0. The molecule has 4 aliphatic rings. The predicted octanol–water partition coefficient (Wildman–Crippen LogP) is 4.32. The fourth-order valence-corrected chi connectivity index (χ4v) is 6.66. The lowest BCUT2D eigenvalue weighted by Crippen LogP contribution is -2.41. The Balaban J connectivity index is 1.25. The Morgan fingerprint density at radius 1 is 0.844 bits per heavy atom. The summed E-state index contributed by atoms with van der Waals surface area (Å²) in [5, 5.41) is 6.55. The van der Waals surface area contributed by atoms with Crippen molar-refractivity contribution in [3.63, 3.8) is 0 Å². The molecular weight excluding hydrogens is 400 g/mol. The summed E-state index contributed by atoms with van der Waals surface area (Å²) in [6.45, 7) is 2.06. The van der Waals surface area contributed by atoms with Crippen molar-refractivity contribution in [3.05, 3.63) is 77.9 Å². The summed E-state index contributed by atoms with van der Waals surface area (Å²) in [6.07, 6.45) is 0.754. The molecule has 158 valence electrons. The summed E-state index contributed by atoms with van der Waals surface area (Å²) in [4.78, 5) is 34.5. The van der Waals surface area contributed by atoms with E-state index in [1.807, 2.05) is 42.5 Å². The number of carbonyl (C=O) groups is 2. The molecular formula is C27H22N2O3. The number of oxime groups is 1. The summed E-state index contributed by atoms with van der Waals surface area (Å²) in [6, 6.07) is 22.1. The number of rotatable bonds is 2. The lowest BCUT2D eigenvalue weighted by Gasteiger charge is -2.29. The molecule has 3 aromatic rings. The Bertz CT molecular complexity index is 1330. The van der Waals surface area contributed by atoms with Crippen LogP contribution in [0.2, 0.25) is 0 Å². The Morgan fingerprint density at radius 2 is 1.56 bits per heavy atom. The van der Waals surface area contributed by atoms with Crippen LogP contribution in [-0.2, 0) is 14.4 Å². The van der Waals surface area contributed by atoms with E-state index < -0.39 is 0 Å². The van der Waals surface area contributed by atoms with Gasteiger partial charge in [0.05, 0.1) is 23.2 Å². The Labute approximate surface area is 185 Å². The highest BCUT2D eigenvalue weighted by Gasteiger charge is 2.70. The van der Waals surface area contributed by atoms with Gasteiger partial charge in [0.15, 0.2) is 0 Å². The minimum absolute atomic E-state index is 0.0450. The summed E-state index contributed by atoms with van der Waals surface area (Å²) in [5.41, 5.74) is 3.85. The number of hydrogen-bond donors (Lipinski definition) is 0. The maximum atomic E-state index is 13.6. The predicted molar refractivity (Wildman–Crippen MR) is 121 cm³/mol. The van der Waals surface area contributed by atoms with Crippen molar-refractivity contribution < 1.29 is 14.4 Å². The number of fused-ring (bicyclic) bond motifs is 9. The molecule has 3 fully saturated rings. The molecule has 1 saturated heterocycles. The largest absolute Gasteiger partial charge is 0.391 e. The molecule has 5 nitrogen and oxygen atoms in total. The lowest BCUT2D eigenvalue weighted by molar-refractivity contribution is -0.125. The SMILES string of the molecule is Cc1ccc(C2=NO[C@H]3[C@@H]4C[C@@H]([C@@H]23)[C@H]2C(=O)N(c3ccc5ccccc5c3)C(=O)[C@H]42)cc1. The van der Waals surface area contributed by atoms with Gasteiger partial charge in [-0.15, -0.1) is 0 Å². The van der Waals surface area contributed by atoms with Gasteiger partial charge in [0.25, 0.3) is 0 Å². The normalized spacial score (nSPS) is 32.3. The van der Waals surface area contributed by atoms with Crippen molar-refractivity contribution in [2.75, 3.05) is 4.90 Å². The topological polar surface area (TPSA) is 59.0 Å². The molecule has 32 heavy (non-hydrogen) atoms. The van der Waals surface area contributed by atoms with Gasteiger partial charge in [-0.25, -0.2) is 0 Å². The van der Waals surface area contributed by atoms with E-state index in [4.69, 9.17) is 4.84 Å². The van der Waals surface area contributed by atoms with E-state index in [0.717, 1.165) is 28.5 Å². The average Bonchev–Trinajstić information content (AvgIpc) is 3.54. The van der Waals surface area contributed by atoms with Gasteiger partial charge in [-0.3, -0.25) is 14.5 Å². The van der Waals surface area contributed by atoms with Crippen molar-refractivity contribution in [2.45, 2.75) is 19.4 Å². The maximum Gasteiger partial charge on any atom is 0.238 e. The Morgan fingerprint density at radius 3 is 2.34 bits per heavy atom. The van der Waals surface area contributed by atoms with Gasteiger partial charge in [-0.05, 0) is 47.7 Å². The molecule has 2 heterocycles. The minimum atomic E-state index is -0.298. The van der Waals surface area contributed by atoms with Gasteiger partial charge < -0.3 is 4.84 Å². The number of amides is 2. The second-order valence-electron chi connectivity index (χ2n) is 9.60. The average molecular weight is 422 g/mol. The van der Waals surface area contributed by atoms with Crippen LogP contribution in [0, 0.1) is 36.5 Å². The highest BCUT2D eigenvalue weighted by atomic mass is 16.6. The van der Waals surface area contributed by atoms with Crippen LogP contribution in [0.3, 0.4) is 0 Å². The van der Waals surface area contributed by atoms with Crippen molar-refractivity contribution >= 4 is 34.0 Å². The molecule has 3 aromatic carbocycles. The lowest BCUT2D eigenvalue weighted by atomic mass is 9.71. The highest BCUT2D eigenvalue weighted by molar-refractivity contribution is 6.23. The van der Waals surface area contributed by atoms with Crippen molar-refractivity contribution in [3.8, 4) is 0 Å². The first-order chi connectivity index (χ1) is 15.6. The van der Waals surface area contributed by atoms with Gasteiger partial charge >= 0.3 is 0 Å². The van der Waals surface area contributed by atoms with E-state index in [9.17, 15) is 9.59 Å². The molecule has 0 aromatic heterocycles. The summed E-state index contributed by atoms with van der Waals surface area (Å²) < 4.78 is 0. The fraction of sp³-hybridized carbons (Fsp3) is 0.296. The number of hydrogen-bond acceptors (Lipinski definition) is 4. The number of carbonyl (C=O) groups excluding carboxylic acids is 2. The highest BCUT2D eigenvalue weighted by Crippen LogP contribution is 2.62. The zero-order chi connectivity index (χ0) is 21.6. The monoisotopic (exact) mass is 422 g/mol. The smallest absolute Gasteiger partial charge is 0.238 e. The molecule has 2 amide bonds. The Kier molecular flexibility index (Phi) is 3.56. The molecule has 6 atom stereocenters. The van der Waals surface area contributed by atoms with Gasteiger partial charge in [-0.2, -0.15) is 0 Å². The van der Waals surface area contributed by atoms with Crippen LogP contribution in [0.4, 0.5) is 5.69 Å². The molecule has 2 aliphatic heterocycles. The van der Waals surface area contributed by atoms with E-state index >= 15 is 0 Å². The van der Waals surface area contributed by atoms with Crippen LogP contribution in [0.5, 0.6) is 0 Å². The zero-order valence-corrected chi connectivity index (χ0v) is 17.6. The van der Waals surface area contributed by atoms with E-state index in [1.54, 1.807) is 0 Å². The number of benzene rings is 3. The van der Waals surface area contributed by atoms with Crippen molar-refractivity contribution in [2.24, 2.45) is 34.7 Å². The first-order valence-electron chi connectivity index (χ1n) is 11.3. The molecule has 2 aliphatic carbocycles. The van der Waals surface area contributed by atoms with Crippen LogP contribution >= 0.6 is 0 Å². The van der Waals surface area contributed by atoms with Gasteiger partial charge in [0.2, 0.25) is 11.8 Å².